The molecule has 116 heavy (non-hydrogen) atoms. The summed E-state index contributed by atoms with van der Waals surface area (Å²) in [6.45, 7) is 0. The molecule has 580 valence electrons. The summed E-state index contributed by atoms with van der Waals surface area (Å²) >= 11 is 0. The van der Waals surface area contributed by atoms with Crippen LogP contribution in [0.15, 0.2) is 291 Å². The molecule has 0 fully saturated rings. The van der Waals surface area contributed by atoms with E-state index in [0.29, 0.717) is 113 Å². The number of aromatic carboxylic acids is 8. The second-order valence-corrected chi connectivity index (χ2v) is 24.7. The van der Waals surface area contributed by atoms with E-state index < -0.39 is 47.8 Å². The summed E-state index contributed by atoms with van der Waals surface area (Å²) < 4.78 is 0. The molecular formula is C88H48Cu4N8O16. The van der Waals surface area contributed by atoms with Crippen molar-refractivity contribution in [3.05, 3.63) is 336 Å². The van der Waals surface area contributed by atoms with E-state index in [4.69, 9.17) is 0 Å². The monoisotopic (exact) mass is 1720 g/mol. The second-order valence-electron chi connectivity index (χ2n) is 24.7. The second kappa shape index (κ2) is 38.4. The Kier molecular flexibility index (Phi) is 28.4. The molecule has 8 heterocycles. The number of aromatic nitrogens is 8. The Labute approximate surface area is 700 Å². The van der Waals surface area contributed by atoms with Crippen LogP contribution < -0.4 is 40.9 Å². The minimum atomic E-state index is -1.25. The van der Waals surface area contributed by atoms with Crippen molar-refractivity contribution in [2.45, 2.75) is 0 Å². The number of pyridine rings is 8. The van der Waals surface area contributed by atoms with Gasteiger partial charge in [0.05, 0.1) is 93.3 Å². The van der Waals surface area contributed by atoms with Crippen molar-refractivity contribution in [3.63, 3.8) is 0 Å². The van der Waals surface area contributed by atoms with Gasteiger partial charge in [-0.1, -0.05) is 146 Å². The molecule has 0 atom stereocenters. The maximum Gasteiger partial charge on any atom is 2.00 e. The van der Waals surface area contributed by atoms with Crippen molar-refractivity contribution in [1.29, 1.82) is 0 Å². The number of carbonyl (C=O) groups excluding carboxylic acids is 8. The fourth-order valence-electron chi connectivity index (χ4n) is 11.7. The summed E-state index contributed by atoms with van der Waals surface area (Å²) in [6, 6.07) is 79.8. The summed E-state index contributed by atoms with van der Waals surface area (Å²) in [5, 5.41) is 91.9. The van der Waals surface area contributed by atoms with Crippen molar-refractivity contribution in [1.82, 2.24) is 39.9 Å². The summed E-state index contributed by atoms with van der Waals surface area (Å²) in [5.74, 6) is -10.0. The first kappa shape index (κ1) is 85.8. The van der Waals surface area contributed by atoms with Crippen molar-refractivity contribution in [3.8, 4) is 90.1 Å². The van der Waals surface area contributed by atoms with Gasteiger partial charge in [-0.3, -0.25) is 0 Å². The number of carboxylic acid groups (broad SMARTS) is 8. The fraction of sp³-hybridized carbons (Fsp3) is 0. The number of rotatable bonds is 16. The maximum atomic E-state index is 11.1. The van der Waals surface area contributed by atoms with E-state index in [1.165, 1.54) is 97.1 Å². The molecule has 8 aromatic heterocycles. The molecule has 8 aromatic carbocycles. The van der Waals surface area contributed by atoms with Crippen LogP contribution in [0.1, 0.15) is 82.9 Å². The van der Waals surface area contributed by atoms with Crippen molar-refractivity contribution >= 4 is 91.9 Å². The van der Waals surface area contributed by atoms with Gasteiger partial charge in [0, 0.05) is 66.1 Å². The molecule has 0 saturated carbocycles. The van der Waals surface area contributed by atoms with Crippen LogP contribution in [0, 0.1) is 0 Å². The van der Waals surface area contributed by atoms with Crippen LogP contribution in [0.5, 0.6) is 0 Å². The number of carboxylic acids is 8. The molecule has 0 N–H and O–H groups in total. The van der Waals surface area contributed by atoms with E-state index in [9.17, 15) is 79.2 Å². The van der Waals surface area contributed by atoms with E-state index in [2.05, 4.69) is 39.9 Å². The molecule has 24 nitrogen and oxygen atoms in total. The largest absolute Gasteiger partial charge is 2.00 e. The molecule has 4 radical (unpaired) electrons. The Bertz CT molecular complexity index is 5370. The molecule has 0 aliphatic heterocycles. The van der Waals surface area contributed by atoms with Crippen LogP contribution in [0.4, 0.5) is 0 Å². The Hall–Kier alpha value is -14.2. The minimum Gasteiger partial charge on any atom is -0.545 e. The SMILES string of the molecule is O=C([O-])c1cccc(-c2ccc3ccc(-c4cccc(C(=O)[O-])c4)nc3n2)c1.O=C([O-])c1cccc(-c2ccc3ccc(-c4cccc(C(=O)[O-])c4)nc3n2)c1.O=C([O-])c1cccc(-c2ccc3ccc(-c4cccc(C(=O)[O-])c4)nc3n2)c1.O=C([O-])c1cccc(-c2ccc3ccc(-c4cccc(C(=O)[O-])c4)nc3n2)c1.[Cu+2].[Cu+2].[Cu+2].[Cu+2]. The third-order valence-corrected chi connectivity index (χ3v) is 17.4. The van der Waals surface area contributed by atoms with Crippen LogP contribution >= 0.6 is 0 Å². The quantitative estimate of drug-likeness (QED) is 0.0902. The summed E-state index contributed by atoms with van der Waals surface area (Å²) in [5.41, 5.74) is 12.1. The number of fused-ring (bicyclic) bond motifs is 4. The van der Waals surface area contributed by atoms with Gasteiger partial charge in [0.1, 0.15) is 0 Å². The first-order valence-corrected chi connectivity index (χ1v) is 33.7. The average molecular weight is 1730 g/mol. The van der Waals surface area contributed by atoms with Gasteiger partial charge in [0.2, 0.25) is 0 Å². The third kappa shape index (κ3) is 20.6. The topological polar surface area (TPSA) is 424 Å². The van der Waals surface area contributed by atoms with Gasteiger partial charge in [0.25, 0.3) is 0 Å². The Morgan fingerprint density at radius 2 is 0.276 bits per heavy atom. The molecule has 0 spiro atoms. The molecule has 16 rings (SSSR count). The standard InChI is InChI=1S/4C22H14N2O4.4Cu/c4*25-21(26)16-5-1-3-14(11-16)18-9-7-13-8-10-19(24-20(13)23-18)15-4-2-6-17(12-15)22(27)28;;;;/h4*1-12H,(H,25,26)(H,27,28);;;;/q;;;;4*+2/p-8. The van der Waals surface area contributed by atoms with Gasteiger partial charge in [-0.2, -0.15) is 0 Å². The van der Waals surface area contributed by atoms with Crippen molar-refractivity contribution in [2.24, 2.45) is 0 Å². The summed E-state index contributed by atoms with van der Waals surface area (Å²) in [7, 11) is 0. The Morgan fingerprint density at radius 3 is 0.379 bits per heavy atom. The predicted octanol–water partition coefficient (Wildman–Crippen LogP) is 6.75. The molecule has 0 amide bonds. The minimum absolute atomic E-state index is 0. The zero-order valence-electron chi connectivity index (χ0n) is 59.0. The normalized spacial score (nSPS) is 10.3. The number of benzene rings is 8. The van der Waals surface area contributed by atoms with Gasteiger partial charge in [-0.25, -0.2) is 39.9 Å². The number of carbonyl (C=O) groups is 8. The maximum absolute atomic E-state index is 11.1. The number of nitrogens with zero attached hydrogens (tertiary/aromatic N) is 8. The van der Waals surface area contributed by atoms with Gasteiger partial charge in [-0.15, -0.1) is 0 Å². The van der Waals surface area contributed by atoms with E-state index in [1.54, 1.807) is 146 Å². The molecule has 0 aliphatic carbocycles. The third-order valence-electron chi connectivity index (χ3n) is 17.4. The smallest absolute Gasteiger partial charge is 0.545 e. The molecule has 16 aromatic rings. The van der Waals surface area contributed by atoms with Crippen molar-refractivity contribution in [2.75, 3.05) is 0 Å². The van der Waals surface area contributed by atoms with Crippen LogP contribution in [0.25, 0.3) is 134 Å². The van der Waals surface area contributed by atoms with Gasteiger partial charge < -0.3 is 79.2 Å². The van der Waals surface area contributed by atoms with Gasteiger partial charge in [0.15, 0.2) is 22.6 Å². The first-order valence-electron chi connectivity index (χ1n) is 33.7. The average Bonchev–Trinajstić information content (AvgIpc) is 0.810. The molecule has 0 bridgehead atoms. The summed E-state index contributed by atoms with van der Waals surface area (Å²) in [4.78, 5) is 125. The fourth-order valence-corrected chi connectivity index (χ4v) is 11.7. The Morgan fingerprint density at radius 1 is 0.164 bits per heavy atom. The zero-order valence-corrected chi connectivity index (χ0v) is 62.8. The van der Waals surface area contributed by atoms with E-state index >= 15 is 0 Å². The number of hydrogen-bond acceptors (Lipinski definition) is 24. The van der Waals surface area contributed by atoms with Crippen LogP contribution in [0.3, 0.4) is 0 Å². The van der Waals surface area contributed by atoms with Gasteiger partial charge >= 0.3 is 68.3 Å². The number of hydrogen-bond donors (Lipinski definition) is 0. The van der Waals surface area contributed by atoms with Gasteiger partial charge in [-0.05, 0) is 190 Å². The first-order chi connectivity index (χ1) is 54.0. The van der Waals surface area contributed by atoms with E-state index in [0.717, 1.165) is 21.5 Å². The molecule has 0 aliphatic rings. The van der Waals surface area contributed by atoms with Crippen molar-refractivity contribution < 1.29 is 147 Å². The van der Waals surface area contributed by atoms with E-state index in [-0.39, 0.29) is 113 Å². The predicted molar refractivity (Wildman–Crippen MR) is 396 cm³/mol. The molecular weight excluding hydrogens is 1680 g/mol. The van der Waals surface area contributed by atoms with E-state index in [1.807, 2.05) is 48.5 Å². The summed E-state index contributed by atoms with van der Waals surface area (Å²) in [6.07, 6.45) is 0. The van der Waals surface area contributed by atoms with Crippen LogP contribution in [-0.2, 0) is 68.3 Å². The van der Waals surface area contributed by atoms with Crippen LogP contribution in [-0.4, -0.2) is 87.6 Å². The molecule has 0 unspecified atom stereocenters. The zero-order chi connectivity index (χ0) is 78.7. The Balaban J connectivity index is 0.000000175. The molecule has 28 heteroatoms. The van der Waals surface area contributed by atoms with Crippen LogP contribution in [0.2, 0.25) is 0 Å². The molecule has 0 saturated heterocycles.